The molecule has 20 heavy (non-hydrogen) atoms. The van der Waals surface area contributed by atoms with Gasteiger partial charge in [-0.2, -0.15) is 0 Å². The summed E-state index contributed by atoms with van der Waals surface area (Å²) in [6.45, 7) is 6.33. The Hall–Kier alpha value is -1.51. The van der Waals surface area contributed by atoms with Gasteiger partial charge in [0.1, 0.15) is 5.75 Å². The molecule has 0 heterocycles. The molecule has 2 rings (SSSR count). The predicted octanol–water partition coefficient (Wildman–Crippen LogP) is 3.55. The first kappa shape index (κ1) is 14.9. The maximum absolute atomic E-state index is 12.4. The van der Waals surface area contributed by atoms with E-state index in [1.54, 1.807) is 0 Å². The van der Waals surface area contributed by atoms with Crippen LogP contribution in [0.4, 0.5) is 0 Å². The highest BCUT2D eigenvalue weighted by Gasteiger charge is 2.28. The molecule has 1 saturated carbocycles. The zero-order valence-electron chi connectivity index (χ0n) is 12.8. The Balaban J connectivity index is 1.94. The van der Waals surface area contributed by atoms with E-state index in [2.05, 4.69) is 13.8 Å². The van der Waals surface area contributed by atoms with Crippen LogP contribution in [-0.2, 0) is 4.79 Å². The maximum atomic E-state index is 12.4. The Labute approximate surface area is 121 Å². The van der Waals surface area contributed by atoms with Gasteiger partial charge in [-0.05, 0) is 51.3 Å². The number of rotatable bonds is 5. The molecule has 3 heteroatoms. The fraction of sp³-hybridized carbons (Fsp3) is 0.588. The van der Waals surface area contributed by atoms with Crippen molar-refractivity contribution in [1.29, 1.82) is 0 Å². The van der Waals surface area contributed by atoms with Gasteiger partial charge in [0.25, 0.3) is 5.91 Å². The lowest BCUT2D eigenvalue weighted by Gasteiger charge is -2.32. The lowest BCUT2D eigenvalue weighted by atomic mass is 10.1. The summed E-state index contributed by atoms with van der Waals surface area (Å²) >= 11 is 0. The van der Waals surface area contributed by atoms with Crippen molar-refractivity contribution in [3.8, 4) is 5.75 Å². The van der Waals surface area contributed by atoms with Gasteiger partial charge in [-0.15, -0.1) is 0 Å². The van der Waals surface area contributed by atoms with Crippen LogP contribution in [0.15, 0.2) is 24.3 Å². The Bertz CT molecular complexity index is 450. The number of benzene rings is 1. The normalized spacial score (nSPS) is 15.6. The highest BCUT2D eigenvalue weighted by molar-refractivity contribution is 5.78. The quantitative estimate of drug-likeness (QED) is 0.822. The maximum Gasteiger partial charge on any atom is 0.260 e. The van der Waals surface area contributed by atoms with Crippen molar-refractivity contribution in [3.05, 3.63) is 29.8 Å². The van der Waals surface area contributed by atoms with E-state index in [0.29, 0.717) is 6.04 Å². The molecule has 110 valence electrons. The lowest BCUT2D eigenvalue weighted by Crippen LogP contribution is -2.45. The summed E-state index contributed by atoms with van der Waals surface area (Å²) in [5, 5.41) is 0. The molecule has 0 aliphatic heterocycles. The molecule has 0 saturated heterocycles. The minimum atomic E-state index is 0.105. The second kappa shape index (κ2) is 6.78. The van der Waals surface area contributed by atoms with Crippen molar-refractivity contribution in [2.24, 2.45) is 0 Å². The van der Waals surface area contributed by atoms with Gasteiger partial charge in [-0.3, -0.25) is 4.79 Å². The van der Waals surface area contributed by atoms with Crippen molar-refractivity contribution in [1.82, 2.24) is 4.90 Å². The number of nitrogens with zero attached hydrogens (tertiary/aromatic N) is 1. The van der Waals surface area contributed by atoms with Crippen LogP contribution in [0.2, 0.25) is 0 Å². The van der Waals surface area contributed by atoms with Crippen LogP contribution in [0.25, 0.3) is 0 Å². The standard InChI is InChI=1S/C17H25NO2/c1-13(2)18(15-8-4-5-9-15)17(19)12-20-16-10-6-7-14(3)11-16/h6-7,10-11,13,15H,4-5,8-9,12H2,1-3H3. The van der Waals surface area contributed by atoms with Gasteiger partial charge in [0.2, 0.25) is 0 Å². The number of ether oxygens (including phenoxy) is 1. The molecule has 1 aliphatic rings. The van der Waals surface area contributed by atoms with Crippen LogP contribution < -0.4 is 4.74 Å². The van der Waals surface area contributed by atoms with Crippen molar-refractivity contribution in [2.75, 3.05) is 6.61 Å². The Morgan fingerprint density at radius 2 is 2.05 bits per heavy atom. The van der Waals surface area contributed by atoms with Gasteiger partial charge in [-0.25, -0.2) is 0 Å². The molecule has 1 aliphatic carbocycles. The molecule has 1 aromatic carbocycles. The third-order valence-corrected chi connectivity index (χ3v) is 3.91. The second-order valence-electron chi connectivity index (χ2n) is 5.94. The minimum Gasteiger partial charge on any atom is -0.484 e. The summed E-state index contributed by atoms with van der Waals surface area (Å²) in [7, 11) is 0. The zero-order chi connectivity index (χ0) is 14.5. The number of carbonyl (C=O) groups is 1. The van der Waals surface area contributed by atoms with E-state index in [1.807, 2.05) is 36.1 Å². The fourth-order valence-corrected chi connectivity index (χ4v) is 3.02. The van der Waals surface area contributed by atoms with E-state index >= 15 is 0 Å². The molecule has 0 bridgehead atoms. The average Bonchev–Trinajstić information content (AvgIpc) is 2.90. The fourth-order valence-electron chi connectivity index (χ4n) is 3.02. The Morgan fingerprint density at radius 1 is 1.35 bits per heavy atom. The van der Waals surface area contributed by atoms with Crippen molar-refractivity contribution in [3.63, 3.8) is 0 Å². The van der Waals surface area contributed by atoms with E-state index in [9.17, 15) is 4.79 Å². The lowest BCUT2D eigenvalue weighted by molar-refractivity contribution is -0.137. The van der Waals surface area contributed by atoms with Gasteiger partial charge in [0, 0.05) is 12.1 Å². The second-order valence-corrected chi connectivity index (χ2v) is 5.94. The molecule has 0 atom stereocenters. The third-order valence-electron chi connectivity index (χ3n) is 3.91. The van der Waals surface area contributed by atoms with E-state index < -0.39 is 0 Å². The molecule has 0 spiro atoms. The number of carbonyl (C=O) groups excluding carboxylic acids is 1. The van der Waals surface area contributed by atoms with E-state index in [4.69, 9.17) is 4.74 Å². The van der Waals surface area contributed by atoms with Crippen molar-refractivity contribution < 1.29 is 9.53 Å². The number of aryl methyl sites for hydroxylation is 1. The average molecular weight is 275 g/mol. The van der Waals surface area contributed by atoms with Crippen LogP contribution in [0.1, 0.15) is 45.1 Å². The van der Waals surface area contributed by atoms with Crippen LogP contribution >= 0.6 is 0 Å². The molecule has 0 N–H and O–H groups in total. The number of hydrogen-bond acceptors (Lipinski definition) is 2. The summed E-state index contributed by atoms with van der Waals surface area (Å²) in [5.41, 5.74) is 1.14. The van der Waals surface area contributed by atoms with Crippen molar-refractivity contribution in [2.45, 2.75) is 58.5 Å². The highest BCUT2D eigenvalue weighted by Crippen LogP contribution is 2.25. The van der Waals surface area contributed by atoms with Gasteiger partial charge in [0.15, 0.2) is 6.61 Å². The molecule has 3 nitrogen and oxygen atoms in total. The van der Waals surface area contributed by atoms with Crippen molar-refractivity contribution >= 4 is 5.91 Å². The minimum absolute atomic E-state index is 0.105. The molecular weight excluding hydrogens is 250 g/mol. The molecule has 1 aromatic rings. The van der Waals surface area contributed by atoms with Gasteiger partial charge in [0.05, 0.1) is 0 Å². The summed E-state index contributed by atoms with van der Waals surface area (Å²) in [6, 6.07) is 8.48. The Kier molecular flexibility index (Phi) is 5.05. The van der Waals surface area contributed by atoms with Gasteiger partial charge >= 0.3 is 0 Å². The van der Waals surface area contributed by atoms with Crippen LogP contribution in [0, 0.1) is 6.92 Å². The van der Waals surface area contributed by atoms with E-state index in [1.165, 1.54) is 12.8 Å². The first-order chi connectivity index (χ1) is 9.58. The van der Waals surface area contributed by atoms with Gasteiger partial charge in [-0.1, -0.05) is 25.0 Å². The molecule has 0 aromatic heterocycles. The smallest absolute Gasteiger partial charge is 0.260 e. The first-order valence-corrected chi connectivity index (χ1v) is 7.58. The molecule has 0 unspecified atom stereocenters. The largest absolute Gasteiger partial charge is 0.484 e. The van der Waals surface area contributed by atoms with E-state index in [0.717, 1.165) is 24.2 Å². The summed E-state index contributed by atoms with van der Waals surface area (Å²) in [5.74, 6) is 0.877. The Morgan fingerprint density at radius 3 is 2.65 bits per heavy atom. The molecule has 0 radical (unpaired) electrons. The van der Waals surface area contributed by atoms with Crippen LogP contribution in [0.5, 0.6) is 5.75 Å². The number of hydrogen-bond donors (Lipinski definition) is 0. The monoisotopic (exact) mass is 275 g/mol. The SMILES string of the molecule is Cc1cccc(OCC(=O)N(C(C)C)C2CCCC2)c1. The van der Waals surface area contributed by atoms with Gasteiger partial charge < -0.3 is 9.64 Å². The molecular formula is C17H25NO2. The predicted molar refractivity (Wildman–Crippen MR) is 80.9 cm³/mol. The zero-order valence-corrected chi connectivity index (χ0v) is 12.8. The molecule has 1 fully saturated rings. The number of amides is 1. The third kappa shape index (κ3) is 3.75. The summed E-state index contributed by atoms with van der Waals surface area (Å²) in [6.07, 6.45) is 4.74. The highest BCUT2D eigenvalue weighted by atomic mass is 16.5. The summed E-state index contributed by atoms with van der Waals surface area (Å²) < 4.78 is 5.65. The first-order valence-electron chi connectivity index (χ1n) is 7.58. The van der Waals surface area contributed by atoms with Crippen LogP contribution in [-0.4, -0.2) is 29.5 Å². The summed E-state index contributed by atoms with van der Waals surface area (Å²) in [4.78, 5) is 14.4. The van der Waals surface area contributed by atoms with E-state index in [-0.39, 0.29) is 18.6 Å². The van der Waals surface area contributed by atoms with Crippen LogP contribution in [0.3, 0.4) is 0 Å². The molecule has 1 amide bonds. The topological polar surface area (TPSA) is 29.5 Å².